The van der Waals surface area contributed by atoms with Gasteiger partial charge in [0.2, 0.25) is 5.91 Å². The van der Waals surface area contributed by atoms with Gasteiger partial charge in [0.15, 0.2) is 9.84 Å². The molecule has 0 bridgehead atoms. The van der Waals surface area contributed by atoms with Crippen LogP contribution < -0.4 is 5.32 Å². The van der Waals surface area contributed by atoms with E-state index in [1.54, 1.807) is 0 Å². The first-order valence-electron chi connectivity index (χ1n) is 8.18. The highest BCUT2D eigenvalue weighted by Crippen LogP contribution is 2.28. The Morgan fingerprint density at radius 1 is 1.38 bits per heavy atom. The molecule has 2 rings (SSSR count). The summed E-state index contributed by atoms with van der Waals surface area (Å²) in [5.74, 6) is 0.784. The molecule has 0 saturated carbocycles. The summed E-state index contributed by atoms with van der Waals surface area (Å²) in [4.78, 5) is 14.6. The zero-order valence-corrected chi connectivity index (χ0v) is 14.2. The Morgan fingerprint density at radius 3 is 2.67 bits per heavy atom. The van der Waals surface area contributed by atoms with Crippen molar-refractivity contribution in [1.29, 1.82) is 0 Å². The van der Waals surface area contributed by atoms with Crippen LogP contribution in [0.3, 0.4) is 0 Å². The Morgan fingerprint density at radius 2 is 2.10 bits per heavy atom. The summed E-state index contributed by atoms with van der Waals surface area (Å²) in [6.45, 7) is 6.26. The first kappa shape index (κ1) is 16.7. The second kappa shape index (κ2) is 6.65. The van der Waals surface area contributed by atoms with E-state index >= 15 is 0 Å². The summed E-state index contributed by atoms with van der Waals surface area (Å²) in [5, 5.41) is 3.45. The van der Waals surface area contributed by atoms with E-state index in [4.69, 9.17) is 0 Å². The SMILES string of the molecule is CCCC1NC(C(C)CC)C(=O)N1C1CCCS(=O)(=O)C1. The molecule has 0 aliphatic carbocycles. The molecule has 1 N–H and O–H groups in total. The van der Waals surface area contributed by atoms with Crippen LogP contribution in [0.2, 0.25) is 0 Å². The van der Waals surface area contributed by atoms with Crippen LogP contribution in [-0.4, -0.2) is 49.0 Å². The summed E-state index contributed by atoms with van der Waals surface area (Å²) in [6.07, 6.45) is 4.28. The Balaban J connectivity index is 2.19. The van der Waals surface area contributed by atoms with Gasteiger partial charge in [-0.05, 0) is 25.2 Å². The molecule has 2 heterocycles. The second-order valence-electron chi connectivity index (χ2n) is 6.49. The summed E-state index contributed by atoms with van der Waals surface area (Å²) < 4.78 is 23.8. The number of carbonyl (C=O) groups excluding carboxylic acids is 1. The highest BCUT2D eigenvalue weighted by atomic mass is 32.2. The molecule has 5 nitrogen and oxygen atoms in total. The summed E-state index contributed by atoms with van der Waals surface area (Å²) in [6, 6.07) is -0.300. The molecular weight excluding hydrogens is 288 g/mol. The molecule has 4 atom stereocenters. The zero-order valence-electron chi connectivity index (χ0n) is 13.3. The van der Waals surface area contributed by atoms with Gasteiger partial charge in [0.25, 0.3) is 0 Å². The number of rotatable bonds is 5. The summed E-state index contributed by atoms with van der Waals surface area (Å²) >= 11 is 0. The van der Waals surface area contributed by atoms with Gasteiger partial charge in [0, 0.05) is 6.04 Å². The minimum atomic E-state index is -3.00. The van der Waals surface area contributed by atoms with Crippen molar-refractivity contribution in [1.82, 2.24) is 10.2 Å². The monoisotopic (exact) mass is 316 g/mol. The minimum Gasteiger partial charge on any atom is -0.322 e. The number of carbonyl (C=O) groups is 1. The van der Waals surface area contributed by atoms with Crippen molar-refractivity contribution in [2.75, 3.05) is 11.5 Å². The quantitative estimate of drug-likeness (QED) is 0.835. The Bertz CT molecular complexity index is 477. The number of nitrogens with zero attached hydrogens (tertiary/aromatic N) is 1. The van der Waals surface area contributed by atoms with Gasteiger partial charge in [-0.3, -0.25) is 10.1 Å². The Hall–Kier alpha value is -0.620. The van der Waals surface area contributed by atoms with Gasteiger partial charge in [-0.15, -0.1) is 0 Å². The Kier molecular flexibility index (Phi) is 5.30. The average Bonchev–Trinajstić information content (AvgIpc) is 2.74. The maximum absolute atomic E-state index is 12.8. The van der Waals surface area contributed by atoms with E-state index < -0.39 is 9.84 Å². The van der Waals surface area contributed by atoms with Gasteiger partial charge >= 0.3 is 0 Å². The molecule has 4 unspecified atom stereocenters. The van der Waals surface area contributed by atoms with E-state index in [2.05, 4.69) is 26.1 Å². The van der Waals surface area contributed by atoms with E-state index in [9.17, 15) is 13.2 Å². The number of hydrogen-bond donors (Lipinski definition) is 1. The van der Waals surface area contributed by atoms with Crippen LogP contribution in [0.15, 0.2) is 0 Å². The molecule has 0 aromatic carbocycles. The predicted molar refractivity (Wildman–Crippen MR) is 83.6 cm³/mol. The van der Waals surface area contributed by atoms with Crippen LogP contribution in [0.25, 0.3) is 0 Å². The molecule has 0 aromatic rings. The molecule has 6 heteroatoms. The molecular formula is C15H28N2O3S. The van der Waals surface area contributed by atoms with Gasteiger partial charge in [0.1, 0.15) is 0 Å². The normalized spacial score (nSPS) is 34.1. The Labute approximate surface area is 128 Å². The van der Waals surface area contributed by atoms with Crippen LogP contribution in [0.4, 0.5) is 0 Å². The van der Waals surface area contributed by atoms with Gasteiger partial charge in [-0.1, -0.05) is 33.6 Å². The topological polar surface area (TPSA) is 66.5 Å². The third kappa shape index (κ3) is 3.59. The van der Waals surface area contributed by atoms with Crippen LogP contribution in [0.1, 0.15) is 52.9 Å². The van der Waals surface area contributed by atoms with Crippen molar-refractivity contribution >= 4 is 15.7 Å². The molecule has 0 spiro atoms. The first-order valence-corrected chi connectivity index (χ1v) is 10.0. The molecule has 0 aromatic heterocycles. The average molecular weight is 316 g/mol. The summed E-state index contributed by atoms with van der Waals surface area (Å²) in [7, 11) is -3.00. The minimum absolute atomic E-state index is 0.000185. The lowest BCUT2D eigenvalue weighted by Crippen LogP contribution is -2.49. The third-order valence-electron chi connectivity index (χ3n) is 4.84. The van der Waals surface area contributed by atoms with Crippen LogP contribution in [0, 0.1) is 5.92 Å². The van der Waals surface area contributed by atoms with Crippen molar-refractivity contribution in [3.63, 3.8) is 0 Å². The maximum Gasteiger partial charge on any atom is 0.241 e. The highest BCUT2D eigenvalue weighted by Gasteiger charge is 2.45. The molecule has 0 radical (unpaired) electrons. The highest BCUT2D eigenvalue weighted by molar-refractivity contribution is 7.91. The van der Waals surface area contributed by atoms with Crippen molar-refractivity contribution < 1.29 is 13.2 Å². The van der Waals surface area contributed by atoms with Crippen LogP contribution in [0.5, 0.6) is 0 Å². The number of sulfone groups is 1. The fourth-order valence-electron chi connectivity index (χ4n) is 3.46. The predicted octanol–water partition coefficient (Wildman–Crippen LogP) is 1.54. The van der Waals surface area contributed by atoms with E-state index in [1.807, 2.05) is 4.90 Å². The third-order valence-corrected chi connectivity index (χ3v) is 6.64. The lowest BCUT2D eigenvalue weighted by atomic mass is 9.99. The zero-order chi connectivity index (χ0) is 15.6. The number of nitrogens with one attached hydrogen (secondary N) is 1. The molecule has 2 aliphatic heterocycles. The summed E-state index contributed by atoms with van der Waals surface area (Å²) in [5.41, 5.74) is 0. The van der Waals surface area contributed by atoms with Crippen LogP contribution >= 0.6 is 0 Å². The van der Waals surface area contributed by atoms with Crippen molar-refractivity contribution in [2.45, 2.75) is 71.1 Å². The number of amides is 1. The molecule has 21 heavy (non-hydrogen) atoms. The van der Waals surface area contributed by atoms with E-state index in [-0.39, 0.29) is 41.6 Å². The fraction of sp³-hybridized carbons (Fsp3) is 0.933. The van der Waals surface area contributed by atoms with E-state index in [0.717, 1.165) is 25.7 Å². The van der Waals surface area contributed by atoms with Gasteiger partial charge in [-0.2, -0.15) is 0 Å². The molecule has 1 amide bonds. The standard InChI is InChI=1S/C15H28N2O3S/c1-4-7-13-16-14(11(3)5-2)15(18)17(13)12-8-6-9-21(19,20)10-12/h11-14,16H,4-10H2,1-3H3. The maximum atomic E-state index is 12.8. The second-order valence-corrected chi connectivity index (χ2v) is 8.72. The van der Waals surface area contributed by atoms with Gasteiger partial charge < -0.3 is 4.90 Å². The first-order chi connectivity index (χ1) is 9.89. The number of hydrogen-bond acceptors (Lipinski definition) is 4. The van der Waals surface area contributed by atoms with Gasteiger partial charge in [0.05, 0.1) is 23.7 Å². The van der Waals surface area contributed by atoms with E-state index in [0.29, 0.717) is 6.42 Å². The molecule has 122 valence electrons. The smallest absolute Gasteiger partial charge is 0.241 e. The van der Waals surface area contributed by atoms with Crippen LogP contribution in [-0.2, 0) is 14.6 Å². The van der Waals surface area contributed by atoms with E-state index in [1.165, 1.54) is 0 Å². The fourth-order valence-corrected chi connectivity index (χ4v) is 5.15. The van der Waals surface area contributed by atoms with Crippen molar-refractivity contribution in [2.24, 2.45) is 5.92 Å². The molecule has 2 aliphatic rings. The largest absolute Gasteiger partial charge is 0.322 e. The van der Waals surface area contributed by atoms with Gasteiger partial charge in [-0.25, -0.2) is 8.42 Å². The molecule has 2 saturated heterocycles. The van der Waals surface area contributed by atoms with Crippen molar-refractivity contribution in [3.8, 4) is 0 Å². The lowest BCUT2D eigenvalue weighted by Gasteiger charge is -2.35. The lowest BCUT2D eigenvalue weighted by molar-refractivity contribution is -0.133. The van der Waals surface area contributed by atoms with Crippen molar-refractivity contribution in [3.05, 3.63) is 0 Å². The molecule has 2 fully saturated rings.